The van der Waals surface area contributed by atoms with Crippen molar-refractivity contribution in [2.45, 2.75) is 24.8 Å². The van der Waals surface area contributed by atoms with E-state index in [1.807, 2.05) is 19.2 Å². The van der Waals surface area contributed by atoms with Crippen molar-refractivity contribution in [1.82, 2.24) is 4.72 Å². The number of hydrogen-bond acceptors (Lipinski definition) is 4. The Labute approximate surface area is 112 Å². The summed E-state index contributed by atoms with van der Waals surface area (Å²) < 4.78 is 26.9. The van der Waals surface area contributed by atoms with Crippen molar-refractivity contribution in [1.29, 1.82) is 5.26 Å². The summed E-state index contributed by atoms with van der Waals surface area (Å²) in [4.78, 5) is 0.231. The molecule has 1 aromatic carbocycles. The third-order valence-electron chi connectivity index (χ3n) is 2.37. The Morgan fingerprint density at radius 1 is 1.50 bits per heavy atom. The number of nitriles is 1. The number of rotatable bonds is 5. The molecule has 1 unspecified atom stereocenters. The van der Waals surface area contributed by atoms with Gasteiger partial charge in [0.15, 0.2) is 0 Å². The van der Waals surface area contributed by atoms with E-state index in [9.17, 15) is 8.42 Å². The lowest BCUT2D eigenvalue weighted by Crippen LogP contribution is -2.34. The summed E-state index contributed by atoms with van der Waals surface area (Å²) in [5.41, 5.74) is 1.04. The summed E-state index contributed by atoms with van der Waals surface area (Å²) in [6, 6.07) is 6.43. The zero-order valence-corrected chi connectivity index (χ0v) is 12.2. The number of aryl methyl sites for hydroxylation is 1. The van der Waals surface area contributed by atoms with Crippen LogP contribution in [-0.4, -0.2) is 26.5 Å². The Bertz CT molecular complexity index is 562. The van der Waals surface area contributed by atoms with Gasteiger partial charge in [0.2, 0.25) is 10.0 Å². The fourth-order valence-electron chi connectivity index (χ4n) is 1.63. The minimum atomic E-state index is -3.51. The number of thioether (sulfide) groups is 1. The van der Waals surface area contributed by atoms with Gasteiger partial charge < -0.3 is 0 Å². The molecule has 18 heavy (non-hydrogen) atoms. The topological polar surface area (TPSA) is 70.0 Å². The van der Waals surface area contributed by atoms with E-state index in [2.05, 4.69) is 4.72 Å². The first-order valence-corrected chi connectivity index (χ1v) is 8.30. The van der Waals surface area contributed by atoms with Crippen LogP contribution in [0.5, 0.6) is 0 Å². The highest BCUT2D eigenvalue weighted by atomic mass is 32.2. The number of sulfonamides is 1. The molecule has 0 bridgehead atoms. The van der Waals surface area contributed by atoms with Crippen LogP contribution in [0.3, 0.4) is 0 Å². The van der Waals surface area contributed by atoms with E-state index in [0.29, 0.717) is 16.9 Å². The maximum atomic E-state index is 12.1. The molecular weight excluding hydrogens is 268 g/mol. The normalized spacial score (nSPS) is 13.0. The number of benzene rings is 1. The van der Waals surface area contributed by atoms with Crippen LogP contribution in [0.15, 0.2) is 23.1 Å². The minimum absolute atomic E-state index is 0.125. The van der Waals surface area contributed by atoms with Gasteiger partial charge in [-0.15, -0.1) is 0 Å². The van der Waals surface area contributed by atoms with Crippen molar-refractivity contribution in [3.05, 3.63) is 29.3 Å². The molecule has 1 atom stereocenters. The second-order valence-electron chi connectivity index (χ2n) is 4.07. The molecule has 0 fully saturated rings. The molecule has 0 amide bonds. The molecule has 1 aromatic rings. The zero-order valence-electron chi connectivity index (χ0n) is 10.6. The Morgan fingerprint density at radius 3 is 2.67 bits per heavy atom. The highest BCUT2D eigenvalue weighted by molar-refractivity contribution is 7.98. The fourth-order valence-corrected chi connectivity index (χ4v) is 3.79. The van der Waals surface area contributed by atoms with Crippen LogP contribution in [0, 0.1) is 18.3 Å². The number of nitrogens with zero attached hydrogens (tertiary/aromatic N) is 1. The third kappa shape index (κ3) is 3.73. The summed E-state index contributed by atoms with van der Waals surface area (Å²) in [6.07, 6.45) is 1.93. The van der Waals surface area contributed by atoms with Crippen LogP contribution in [0.2, 0.25) is 0 Å². The van der Waals surface area contributed by atoms with Crippen molar-refractivity contribution in [3.63, 3.8) is 0 Å². The first-order valence-electron chi connectivity index (χ1n) is 5.42. The lowest BCUT2D eigenvalue weighted by Gasteiger charge is -2.14. The lowest BCUT2D eigenvalue weighted by molar-refractivity contribution is 0.570. The Balaban J connectivity index is 3.03. The van der Waals surface area contributed by atoms with E-state index >= 15 is 0 Å². The van der Waals surface area contributed by atoms with Gasteiger partial charge in [-0.1, -0.05) is 0 Å². The van der Waals surface area contributed by atoms with E-state index in [1.165, 1.54) is 12.1 Å². The molecule has 0 aliphatic heterocycles. The van der Waals surface area contributed by atoms with Gasteiger partial charge in [0.25, 0.3) is 0 Å². The van der Waals surface area contributed by atoms with E-state index in [4.69, 9.17) is 5.26 Å². The van der Waals surface area contributed by atoms with Crippen molar-refractivity contribution < 1.29 is 8.42 Å². The van der Waals surface area contributed by atoms with Crippen molar-refractivity contribution in [2.75, 3.05) is 12.0 Å². The fraction of sp³-hybridized carbons (Fsp3) is 0.417. The van der Waals surface area contributed by atoms with E-state index < -0.39 is 10.0 Å². The molecule has 0 aliphatic carbocycles. The molecule has 0 heterocycles. The molecule has 1 N–H and O–H groups in total. The van der Waals surface area contributed by atoms with Crippen LogP contribution in [0.25, 0.3) is 0 Å². The quantitative estimate of drug-likeness (QED) is 0.896. The first kappa shape index (κ1) is 15.0. The average molecular weight is 284 g/mol. The zero-order chi connectivity index (χ0) is 13.8. The molecule has 0 spiro atoms. The standard InChI is InChI=1S/C12H16N2O2S2/c1-9-6-11(7-13)4-5-12(9)18(15,16)14-10(2)8-17-3/h4-6,10,14H,8H2,1-3H3. The summed E-state index contributed by atoms with van der Waals surface area (Å²) in [5.74, 6) is 0.717. The molecule has 0 aliphatic rings. The van der Waals surface area contributed by atoms with Gasteiger partial charge in [0.05, 0.1) is 16.5 Å². The number of nitrogens with one attached hydrogen (secondary N) is 1. The minimum Gasteiger partial charge on any atom is -0.208 e. The molecule has 98 valence electrons. The van der Waals surface area contributed by atoms with Gasteiger partial charge in [-0.25, -0.2) is 13.1 Å². The van der Waals surface area contributed by atoms with Crippen LogP contribution in [0.1, 0.15) is 18.1 Å². The van der Waals surface area contributed by atoms with Crippen molar-refractivity contribution in [3.8, 4) is 6.07 Å². The van der Waals surface area contributed by atoms with Gasteiger partial charge in [0, 0.05) is 11.8 Å². The van der Waals surface area contributed by atoms with Gasteiger partial charge in [0.1, 0.15) is 0 Å². The molecule has 4 nitrogen and oxygen atoms in total. The second-order valence-corrected chi connectivity index (χ2v) is 6.66. The van der Waals surface area contributed by atoms with Gasteiger partial charge >= 0.3 is 0 Å². The second kappa shape index (κ2) is 6.23. The van der Waals surface area contributed by atoms with Gasteiger partial charge in [-0.2, -0.15) is 17.0 Å². The van der Waals surface area contributed by atoms with Crippen molar-refractivity contribution in [2.24, 2.45) is 0 Å². The largest absolute Gasteiger partial charge is 0.241 e. The van der Waals surface area contributed by atoms with Crippen molar-refractivity contribution >= 4 is 21.8 Å². The summed E-state index contributed by atoms with van der Waals surface area (Å²) in [7, 11) is -3.51. The predicted molar refractivity (Wildman–Crippen MR) is 74.1 cm³/mol. The van der Waals surface area contributed by atoms with Crippen LogP contribution in [0.4, 0.5) is 0 Å². The van der Waals surface area contributed by atoms with E-state index in [0.717, 1.165) is 0 Å². The molecule has 0 saturated heterocycles. The summed E-state index contributed by atoms with van der Waals surface area (Å²) in [6.45, 7) is 3.52. The third-order valence-corrected chi connectivity index (χ3v) is 4.95. The SMILES string of the molecule is CSCC(C)NS(=O)(=O)c1ccc(C#N)cc1C. The number of hydrogen-bond donors (Lipinski definition) is 1. The van der Waals surface area contributed by atoms with Crippen LogP contribution in [-0.2, 0) is 10.0 Å². The van der Waals surface area contributed by atoms with Gasteiger partial charge in [-0.05, 0) is 43.9 Å². The molecule has 0 radical (unpaired) electrons. The van der Waals surface area contributed by atoms with E-state index in [1.54, 1.807) is 24.8 Å². The first-order chi connectivity index (χ1) is 8.40. The molecule has 0 aromatic heterocycles. The summed E-state index contributed by atoms with van der Waals surface area (Å²) >= 11 is 1.59. The lowest BCUT2D eigenvalue weighted by atomic mass is 10.2. The highest BCUT2D eigenvalue weighted by Crippen LogP contribution is 2.17. The highest BCUT2D eigenvalue weighted by Gasteiger charge is 2.19. The average Bonchev–Trinajstić information content (AvgIpc) is 2.27. The molecular formula is C12H16N2O2S2. The Kier molecular flexibility index (Phi) is 5.20. The maximum absolute atomic E-state index is 12.1. The monoisotopic (exact) mass is 284 g/mol. The summed E-state index contributed by atoms with van der Waals surface area (Å²) in [5, 5.41) is 8.75. The maximum Gasteiger partial charge on any atom is 0.241 e. The Morgan fingerprint density at radius 2 is 2.17 bits per heavy atom. The molecule has 1 rings (SSSR count). The van der Waals surface area contributed by atoms with E-state index in [-0.39, 0.29) is 10.9 Å². The smallest absolute Gasteiger partial charge is 0.208 e. The van der Waals surface area contributed by atoms with Crippen LogP contribution < -0.4 is 4.72 Å². The van der Waals surface area contributed by atoms with Crippen LogP contribution >= 0.6 is 11.8 Å². The molecule has 6 heteroatoms. The molecule has 0 saturated carbocycles. The van der Waals surface area contributed by atoms with Gasteiger partial charge in [-0.3, -0.25) is 0 Å². The Hall–Kier alpha value is -1.03. The predicted octanol–water partition coefficient (Wildman–Crippen LogP) is 1.90.